The second-order valence-electron chi connectivity index (χ2n) is 6.01. The van der Waals surface area contributed by atoms with Gasteiger partial charge >= 0.3 is 0 Å². The Morgan fingerprint density at radius 2 is 1.78 bits per heavy atom. The van der Waals surface area contributed by atoms with E-state index in [2.05, 4.69) is 25.8 Å². The molecule has 0 bridgehead atoms. The van der Waals surface area contributed by atoms with E-state index >= 15 is 0 Å². The highest BCUT2D eigenvalue weighted by Gasteiger charge is 2.14. The summed E-state index contributed by atoms with van der Waals surface area (Å²) in [5, 5.41) is 13.7. The Hall–Kier alpha value is -3.74. The standard InChI is InChI=1S/C20H18N6O/c27-19(24-18-11-6-12-22-25-18)14-26-17-10-5-4-9-16(17)23-20(26)21-13-15-7-2-1-3-8-15/h1-12H,13-14H2,(H,21,23)(H,24,25,27). The van der Waals surface area contributed by atoms with Crippen molar-refractivity contribution < 1.29 is 4.79 Å². The Labute approximate surface area is 156 Å². The molecule has 0 aliphatic rings. The average molecular weight is 358 g/mol. The van der Waals surface area contributed by atoms with Gasteiger partial charge in [-0.1, -0.05) is 42.5 Å². The van der Waals surface area contributed by atoms with Gasteiger partial charge in [0.15, 0.2) is 5.82 Å². The van der Waals surface area contributed by atoms with Gasteiger partial charge in [-0.05, 0) is 29.8 Å². The van der Waals surface area contributed by atoms with Gasteiger partial charge in [-0.25, -0.2) is 4.98 Å². The number of carbonyl (C=O) groups is 1. The Balaban J connectivity index is 1.57. The fourth-order valence-electron chi connectivity index (χ4n) is 2.84. The van der Waals surface area contributed by atoms with Crippen LogP contribution < -0.4 is 10.6 Å². The van der Waals surface area contributed by atoms with Crippen molar-refractivity contribution in [3.8, 4) is 0 Å². The van der Waals surface area contributed by atoms with Gasteiger partial charge in [-0.15, -0.1) is 5.10 Å². The molecule has 0 saturated carbocycles. The fourth-order valence-corrected chi connectivity index (χ4v) is 2.84. The molecular weight excluding hydrogens is 340 g/mol. The zero-order valence-corrected chi connectivity index (χ0v) is 14.5. The van der Waals surface area contributed by atoms with Crippen LogP contribution in [0.15, 0.2) is 72.9 Å². The Kier molecular flexibility index (Phi) is 4.74. The number of rotatable bonds is 6. The number of fused-ring (bicyclic) bond motifs is 1. The first kappa shape index (κ1) is 16.7. The monoisotopic (exact) mass is 358 g/mol. The maximum absolute atomic E-state index is 12.5. The Morgan fingerprint density at radius 1 is 0.963 bits per heavy atom. The van der Waals surface area contributed by atoms with Crippen LogP contribution >= 0.6 is 0 Å². The van der Waals surface area contributed by atoms with Crippen LogP contribution in [0.5, 0.6) is 0 Å². The van der Waals surface area contributed by atoms with E-state index in [1.807, 2.05) is 59.2 Å². The maximum Gasteiger partial charge on any atom is 0.245 e. The first-order valence-electron chi connectivity index (χ1n) is 8.60. The lowest BCUT2D eigenvalue weighted by Crippen LogP contribution is -2.21. The zero-order chi connectivity index (χ0) is 18.5. The van der Waals surface area contributed by atoms with Crippen molar-refractivity contribution in [2.45, 2.75) is 13.1 Å². The quantitative estimate of drug-likeness (QED) is 0.553. The summed E-state index contributed by atoms with van der Waals surface area (Å²) in [6.45, 7) is 0.740. The van der Waals surface area contributed by atoms with Gasteiger partial charge in [0.2, 0.25) is 11.9 Å². The topological polar surface area (TPSA) is 84.7 Å². The Morgan fingerprint density at radius 3 is 2.59 bits per heavy atom. The third-order valence-corrected chi connectivity index (χ3v) is 4.09. The molecule has 0 spiro atoms. The molecule has 134 valence electrons. The lowest BCUT2D eigenvalue weighted by atomic mass is 10.2. The van der Waals surface area contributed by atoms with Gasteiger partial charge in [0, 0.05) is 12.7 Å². The summed E-state index contributed by atoms with van der Waals surface area (Å²) in [4.78, 5) is 17.1. The second kappa shape index (κ2) is 7.65. The van der Waals surface area contributed by atoms with E-state index in [0.717, 1.165) is 16.6 Å². The smallest absolute Gasteiger partial charge is 0.245 e. The predicted molar refractivity (Wildman–Crippen MR) is 104 cm³/mol. The molecule has 4 rings (SSSR count). The van der Waals surface area contributed by atoms with Crippen molar-refractivity contribution in [3.63, 3.8) is 0 Å². The highest BCUT2D eigenvalue weighted by atomic mass is 16.2. The predicted octanol–water partition coefficient (Wildman–Crippen LogP) is 3.08. The van der Waals surface area contributed by atoms with E-state index in [1.54, 1.807) is 18.3 Å². The minimum absolute atomic E-state index is 0.119. The van der Waals surface area contributed by atoms with Crippen molar-refractivity contribution in [1.29, 1.82) is 0 Å². The van der Waals surface area contributed by atoms with E-state index in [4.69, 9.17) is 0 Å². The molecule has 2 N–H and O–H groups in total. The summed E-state index contributed by atoms with van der Waals surface area (Å²) in [7, 11) is 0. The van der Waals surface area contributed by atoms with Gasteiger partial charge in [-0.3, -0.25) is 4.79 Å². The van der Waals surface area contributed by atoms with Crippen LogP contribution in [0.3, 0.4) is 0 Å². The van der Waals surface area contributed by atoms with E-state index in [9.17, 15) is 4.79 Å². The number of benzene rings is 2. The lowest BCUT2D eigenvalue weighted by molar-refractivity contribution is -0.116. The first-order chi connectivity index (χ1) is 13.3. The number of anilines is 2. The summed E-state index contributed by atoms with van der Waals surface area (Å²) in [5.41, 5.74) is 2.86. The maximum atomic E-state index is 12.5. The van der Waals surface area contributed by atoms with Crippen molar-refractivity contribution in [3.05, 3.63) is 78.5 Å². The molecule has 7 heteroatoms. The molecule has 0 saturated heterocycles. The molecule has 4 aromatic rings. The molecule has 1 amide bonds. The SMILES string of the molecule is O=C(Cn1c(NCc2ccccc2)nc2ccccc21)Nc1cccnn1. The number of hydrogen-bond donors (Lipinski definition) is 2. The van der Waals surface area contributed by atoms with Gasteiger partial charge in [0.1, 0.15) is 6.54 Å². The normalized spacial score (nSPS) is 10.7. The van der Waals surface area contributed by atoms with Crippen LogP contribution in [-0.4, -0.2) is 25.7 Å². The van der Waals surface area contributed by atoms with E-state index in [-0.39, 0.29) is 12.5 Å². The van der Waals surface area contributed by atoms with Crippen LogP contribution in [-0.2, 0) is 17.9 Å². The summed E-state index contributed by atoms with van der Waals surface area (Å²) in [5.74, 6) is 0.876. The van der Waals surface area contributed by atoms with E-state index in [0.29, 0.717) is 18.3 Å². The van der Waals surface area contributed by atoms with Gasteiger partial charge in [-0.2, -0.15) is 5.10 Å². The van der Waals surface area contributed by atoms with Gasteiger partial charge in [0.05, 0.1) is 11.0 Å². The van der Waals surface area contributed by atoms with Crippen LogP contribution in [0.2, 0.25) is 0 Å². The van der Waals surface area contributed by atoms with Crippen LogP contribution in [0.1, 0.15) is 5.56 Å². The lowest BCUT2D eigenvalue weighted by Gasteiger charge is -2.11. The molecule has 0 aliphatic carbocycles. The molecule has 27 heavy (non-hydrogen) atoms. The number of amides is 1. The van der Waals surface area contributed by atoms with Crippen LogP contribution in [0, 0.1) is 0 Å². The van der Waals surface area contributed by atoms with Crippen molar-refractivity contribution in [2.75, 3.05) is 10.6 Å². The molecule has 0 atom stereocenters. The first-order valence-corrected chi connectivity index (χ1v) is 8.60. The number of carbonyl (C=O) groups excluding carboxylic acids is 1. The zero-order valence-electron chi connectivity index (χ0n) is 14.5. The highest BCUT2D eigenvalue weighted by Crippen LogP contribution is 2.20. The second-order valence-corrected chi connectivity index (χ2v) is 6.01. The average Bonchev–Trinajstić information content (AvgIpc) is 3.05. The van der Waals surface area contributed by atoms with E-state index in [1.165, 1.54) is 0 Å². The molecule has 0 unspecified atom stereocenters. The number of imidazole rings is 1. The number of para-hydroxylation sites is 2. The molecule has 2 aromatic heterocycles. The fraction of sp³-hybridized carbons (Fsp3) is 0.100. The van der Waals surface area contributed by atoms with Crippen molar-refractivity contribution in [2.24, 2.45) is 0 Å². The largest absolute Gasteiger partial charge is 0.352 e. The van der Waals surface area contributed by atoms with Crippen LogP contribution in [0.4, 0.5) is 11.8 Å². The Bertz CT molecular complexity index is 1050. The van der Waals surface area contributed by atoms with Crippen molar-refractivity contribution in [1.82, 2.24) is 19.7 Å². The molecule has 7 nitrogen and oxygen atoms in total. The summed E-state index contributed by atoms with van der Waals surface area (Å²) < 4.78 is 1.87. The third kappa shape index (κ3) is 3.92. The van der Waals surface area contributed by atoms with Gasteiger partial charge < -0.3 is 15.2 Å². The highest BCUT2D eigenvalue weighted by molar-refractivity contribution is 5.91. The van der Waals surface area contributed by atoms with E-state index < -0.39 is 0 Å². The van der Waals surface area contributed by atoms with Gasteiger partial charge in [0.25, 0.3) is 0 Å². The number of nitrogens with one attached hydrogen (secondary N) is 2. The summed E-state index contributed by atoms with van der Waals surface area (Å²) in [6.07, 6.45) is 1.56. The molecular formula is C20H18N6O. The molecule has 0 radical (unpaired) electrons. The number of aromatic nitrogens is 4. The molecule has 0 aliphatic heterocycles. The number of hydrogen-bond acceptors (Lipinski definition) is 5. The molecule has 2 aromatic carbocycles. The van der Waals surface area contributed by atoms with Crippen LogP contribution in [0.25, 0.3) is 11.0 Å². The minimum Gasteiger partial charge on any atom is -0.352 e. The third-order valence-electron chi connectivity index (χ3n) is 4.09. The summed E-state index contributed by atoms with van der Waals surface area (Å²) >= 11 is 0. The molecule has 0 fully saturated rings. The van der Waals surface area contributed by atoms with Crippen molar-refractivity contribution >= 4 is 28.7 Å². The molecule has 2 heterocycles. The number of nitrogens with zero attached hydrogens (tertiary/aromatic N) is 4. The minimum atomic E-state index is -0.193. The summed E-state index contributed by atoms with van der Waals surface area (Å²) in [6, 6.07) is 21.2.